The molecule has 0 unspecified atom stereocenters. The molecule has 0 saturated heterocycles. The van der Waals surface area contributed by atoms with Gasteiger partial charge in [0.25, 0.3) is 0 Å². The number of carbonyl (C=O) groups excluding carboxylic acids is 1. The van der Waals surface area contributed by atoms with Crippen LogP contribution in [0.1, 0.15) is 16.1 Å². The summed E-state index contributed by atoms with van der Waals surface area (Å²) in [5.74, 6) is 1.18. The van der Waals surface area contributed by atoms with Gasteiger partial charge in [0, 0.05) is 24.9 Å². The second-order valence-electron chi connectivity index (χ2n) is 4.18. The van der Waals surface area contributed by atoms with Gasteiger partial charge in [-0.3, -0.25) is 9.48 Å². The smallest absolute Gasteiger partial charge is 0.169 e. The molecule has 0 atom stereocenters. The Bertz CT molecular complexity index is 568. The number of hydrogen-bond donors (Lipinski definition) is 0. The normalized spacial score (nSPS) is 10.3. The highest BCUT2D eigenvalue weighted by Crippen LogP contribution is 2.23. The quantitative estimate of drug-likeness (QED) is 0.770. The van der Waals surface area contributed by atoms with Gasteiger partial charge in [0.1, 0.15) is 11.5 Å². The zero-order valence-corrected chi connectivity index (χ0v) is 11.2. The molecule has 0 N–H and O–H groups in total. The molecular weight excluding hydrogens is 244 g/mol. The van der Waals surface area contributed by atoms with Crippen LogP contribution < -0.4 is 9.47 Å². The summed E-state index contributed by atoms with van der Waals surface area (Å²) in [5, 5.41) is 4.19. The largest absolute Gasteiger partial charge is 0.497 e. The number of Topliss-reactive ketones (excluding diaryl/α,β-unsaturated/α-hetero) is 1. The Kier molecular flexibility index (Phi) is 3.85. The van der Waals surface area contributed by atoms with Crippen LogP contribution in [0.15, 0.2) is 30.5 Å². The van der Waals surface area contributed by atoms with Gasteiger partial charge >= 0.3 is 0 Å². The number of aryl methyl sites for hydroxylation is 1. The van der Waals surface area contributed by atoms with E-state index in [2.05, 4.69) is 5.10 Å². The summed E-state index contributed by atoms with van der Waals surface area (Å²) in [6.07, 6.45) is 2.08. The average Bonchev–Trinajstić information content (AvgIpc) is 2.83. The molecular formula is C14H16N2O3. The molecule has 0 spiro atoms. The molecule has 0 aliphatic carbocycles. The molecule has 2 aromatic rings. The molecule has 0 saturated carbocycles. The van der Waals surface area contributed by atoms with Crippen molar-refractivity contribution in [1.82, 2.24) is 9.78 Å². The van der Waals surface area contributed by atoms with Gasteiger partial charge in [0.2, 0.25) is 0 Å². The highest BCUT2D eigenvalue weighted by atomic mass is 16.5. The minimum Gasteiger partial charge on any atom is -0.497 e. The molecule has 0 amide bonds. The third kappa shape index (κ3) is 3.13. The molecule has 5 nitrogen and oxygen atoms in total. The Balaban J connectivity index is 2.22. The first-order chi connectivity index (χ1) is 9.12. The molecule has 100 valence electrons. The van der Waals surface area contributed by atoms with E-state index in [0.717, 1.165) is 5.69 Å². The van der Waals surface area contributed by atoms with Gasteiger partial charge in [-0.25, -0.2) is 0 Å². The predicted molar refractivity (Wildman–Crippen MR) is 70.8 cm³/mol. The first kappa shape index (κ1) is 13.1. The fourth-order valence-corrected chi connectivity index (χ4v) is 1.79. The summed E-state index contributed by atoms with van der Waals surface area (Å²) < 4.78 is 12.0. The monoisotopic (exact) mass is 260 g/mol. The third-order valence-electron chi connectivity index (χ3n) is 2.78. The van der Waals surface area contributed by atoms with Crippen molar-refractivity contribution in [3.05, 3.63) is 41.7 Å². The molecule has 0 aliphatic rings. The third-order valence-corrected chi connectivity index (χ3v) is 2.78. The number of nitrogens with zero attached hydrogens (tertiary/aromatic N) is 2. The fourth-order valence-electron chi connectivity index (χ4n) is 1.79. The summed E-state index contributed by atoms with van der Waals surface area (Å²) in [7, 11) is 4.94. The van der Waals surface area contributed by atoms with Crippen molar-refractivity contribution in [2.75, 3.05) is 14.2 Å². The standard InChI is InChI=1S/C14H16N2O3/c1-16-5-4-11(15-16)8-14(17)10-6-12(18-2)9-13(7-10)19-3/h4-7,9H,8H2,1-3H3. The van der Waals surface area contributed by atoms with Gasteiger partial charge in [-0.2, -0.15) is 5.10 Å². The SMILES string of the molecule is COc1cc(OC)cc(C(=O)Cc2ccn(C)n2)c1. The number of benzene rings is 1. The van der Waals surface area contributed by atoms with Crippen molar-refractivity contribution < 1.29 is 14.3 Å². The van der Waals surface area contributed by atoms with E-state index >= 15 is 0 Å². The highest BCUT2D eigenvalue weighted by molar-refractivity contribution is 5.98. The van der Waals surface area contributed by atoms with Crippen LogP contribution in [0.3, 0.4) is 0 Å². The van der Waals surface area contributed by atoms with Gasteiger partial charge in [0.05, 0.1) is 26.3 Å². The van der Waals surface area contributed by atoms with E-state index in [0.29, 0.717) is 17.1 Å². The second-order valence-corrected chi connectivity index (χ2v) is 4.18. The number of aromatic nitrogens is 2. The van der Waals surface area contributed by atoms with E-state index in [-0.39, 0.29) is 12.2 Å². The van der Waals surface area contributed by atoms with Crippen molar-refractivity contribution in [2.45, 2.75) is 6.42 Å². The van der Waals surface area contributed by atoms with Crippen LogP contribution in [0.2, 0.25) is 0 Å². The van der Waals surface area contributed by atoms with Crippen LogP contribution >= 0.6 is 0 Å². The van der Waals surface area contributed by atoms with Crippen LogP contribution in [-0.2, 0) is 13.5 Å². The number of rotatable bonds is 5. The summed E-state index contributed by atoms with van der Waals surface area (Å²) in [5.41, 5.74) is 1.30. The Morgan fingerprint density at radius 1 is 1.21 bits per heavy atom. The molecule has 0 bridgehead atoms. The van der Waals surface area contributed by atoms with Crippen molar-refractivity contribution in [1.29, 1.82) is 0 Å². The lowest BCUT2D eigenvalue weighted by Crippen LogP contribution is -2.05. The van der Waals surface area contributed by atoms with Crippen LogP contribution in [0, 0.1) is 0 Å². The summed E-state index contributed by atoms with van der Waals surface area (Å²) in [6, 6.07) is 6.97. The van der Waals surface area contributed by atoms with Gasteiger partial charge in [-0.05, 0) is 18.2 Å². The van der Waals surface area contributed by atoms with E-state index in [1.165, 1.54) is 0 Å². The van der Waals surface area contributed by atoms with Crippen LogP contribution in [0.4, 0.5) is 0 Å². The van der Waals surface area contributed by atoms with E-state index in [9.17, 15) is 4.79 Å². The zero-order valence-electron chi connectivity index (χ0n) is 11.2. The van der Waals surface area contributed by atoms with Gasteiger partial charge < -0.3 is 9.47 Å². The highest BCUT2D eigenvalue weighted by Gasteiger charge is 2.12. The van der Waals surface area contributed by atoms with Crippen molar-refractivity contribution >= 4 is 5.78 Å². The number of ether oxygens (including phenoxy) is 2. The molecule has 0 fully saturated rings. The molecule has 1 aromatic carbocycles. The van der Waals surface area contributed by atoms with E-state index in [4.69, 9.17) is 9.47 Å². The van der Waals surface area contributed by atoms with E-state index in [1.54, 1.807) is 37.1 Å². The first-order valence-electron chi connectivity index (χ1n) is 5.87. The predicted octanol–water partition coefficient (Wildman–Crippen LogP) is 1.86. The molecule has 0 aliphatic heterocycles. The molecule has 2 rings (SSSR count). The first-order valence-corrected chi connectivity index (χ1v) is 5.87. The molecule has 1 aromatic heterocycles. The van der Waals surface area contributed by atoms with Crippen molar-refractivity contribution in [3.63, 3.8) is 0 Å². The topological polar surface area (TPSA) is 53.4 Å². The zero-order chi connectivity index (χ0) is 13.8. The van der Waals surface area contributed by atoms with Gasteiger partial charge in [-0.15, -0.1) is 0 Å². The Hall–Kier alpha value is -2.30. The summed E-state index contributed by atoms with van der Waals surface area (Å²) in [4.78, 5) is 12.2. The van der Waals surface area contributed by atoms with Crippen molar-refractivity contribution in [2.24, 2.45) is 7.05 Å². The van der Waals surface area contributed by atoms with Crippen LogP contribution in [0.25, 0.3) is 0 Å². The maximum Gasteiger partial charge on any atom is 0.169 e. The van der Waals surface area contributed by atoms with E-state index < -0.39 is 0 Å². The minimum atomic E-state index is -0.0177. The summed E-state index contributed by atoms with van der Waals surface area (Å²) in [6.45, 7) is 0. The lowest BCUT2D eigenvalue weighted by molar-refractivity contribution is 0.0991. The average molecular weight is 260 g/mol. The molecule has 5 heteroatoms. The summed E-state index contributed by atoms with van der Waals surface area (Å²) >= 11 is 0. The van der Waals surface area contributed by atoms with Crippen LogP contribution in [0.5, 0.6) is 11.5 Å². The number of ketones is 1. The number of hydrogen-bond acceptors (Lipinski definition) is 4. The Labute approximate surface area is 111 Å². The lowest BCUT2D eigenvalue weighted by atomic mass is 10.1. The molecule has 0 radical (unpaired) electrons. The molecule has 1 heterocycles. The number of methoxy groups -OCH3 is 2. The second kappa shape index (κ2) is 5.56. The Morgan fingerprint density at radius 2 is 1.84 bits per heavy atom. The van der Waals surface area contributed by atoms with Crippen molar-refractivity contribution in [3.8, 4) is 11.5 Å². The fraction of sp³-hybridized carbons (Fsp3) is 0.286. The minimum absolute atomic E-state index is 0.0177. The number of carbonyl (C=O) groups is 1. The van der Waals surface area contributed by atoms with Crippen LogP contribution in [-0.4, -0.2) is 29.8 Å². The maximum atomic E-state index is 12.2. The maximum absolute atomic E-state index is 12.2. The lowest BCUT2D eigenvalue weighted by Gasteiger charge is -2.07. The van der Waals surface area contributed by atoms with E-state index in [1.807, 2.05) is 19.3 Å². The Morgan fingerprint density at radius 3 is 2.32 bits per heavy atom. The van der Waals surface area contributed by atoms with Gasteiger partial charge in [-0.1, -0.05) is 0 Å². The molecule has 19 heavy (non-hydrogen) atoms. The van der Waals surface area contributed by atoms with Gasteiger partial charge in [0.15, 0.2) is 5.78 Å².